The monoisotopic (exact) mass is 435 g/mol. The molecule has 0 aliphatic carbocycles. The zero-order valence-electron chi connectivity index (χ0n) is 16.5. The third kappa shape index (κ3) is 5.02. The Kier molecular flexibility index (Phi) is 6.14. The molecule has 0 atom stereocenters. The van der Waals surface area contributed by atoms with Gasteiger partial charge in [0.2, 0.25) is 5.82 Å². The number of carbonyl (C=O) groups excluding carboxylic acids is 1. The van der Waals surface area contributed by atoms with Crippen molar-refractivity contribution in [3.8, 4) is 34.3 Å². The summed E-state index contributed by atoms with van der Waals surface area (Å²) in [5.41, 5.74) is 2.01. The molecule has 8 heteroatoms. The topological polar surface area (TPSA) is 86.5 Å². The van der Waals surface area contributed by atoms with Crippen molar-refractivity contribution in [2.24, 2.45) is 0 Å². The summed E-state index contributed by atoms with van der Waals surface area (Å²) >= 11 is 5.92. The zero-order valence-corrected chi connectivity index (χ0v) is 17.3. The Morgan fingerprint density at radius 2 is 1.77 bits per heavy atom. The Morgan fingerprint density at radius 3 is 2.52 bits per heavy atom. The molecule has 156 valence electrons. The van der Waals surface area contributed by atoms with Gasteiger partial charge < -0.3 is 19.3 Å². The standard InChI is InChI=1S/C23H18ClN3O4/c1-29-18-12-10-17(11-13-18)25-21(28)14-30-20-5-3-2-4-19(20)22-26-23(31-27-22)15-6-8-16(24)9-7-15/h2-13H,14H2,1H3,(H,25,28). The van der Waals surface area contributed by atoms with Crippen LogP contribution in [0.2, 0.25) is 5.02 Å². The van der Waals surface area contributed by atoms with Gasteiger partial charge in [-0.1, -0.05) is 28.9 Å². The second-order valence-corrected chi connectivity index (χ2v) is 6.93. The summed E-state index contributed by atoms with van der Waals surface area (Å²) in [5.74, 6) is 1.60. The van der Waals surface area contributed by atoms with Gasteiger partial charge in [-0.15, -0.1) is 0 Å². The molecule has 1 heterocycles. The molecule has 0 bridgehead atoms. The lowest BCUT2D eigenvalue weighted by Gasteiger charge is -2.10. The first kappa shape index (κ1) is 20.4. The van der Waals surface area contributed by atoms with Crippen LogP contribution in [0.5, 0.6) is 11.5 Å². The van der Waals surface area contributed by atoms with E-state index in [1.165, 1.54) is 0 Å². The smallest absolute Gasteiger partial charge is 0.262 e. The maximum absolute atomic E-state index is 12.3. The maximum atomic E-state index is 12.3. The number of ether oxygens (including phenoxy) is 2. The molecule has 0 saturated heterocycles. The molecule has 0 aliphatic heterocycles. The summed E-state index contributed by atoms with van der Waals surface area (Å²) in [4.78, 5) is 16.7. The van der Waals surface area contributed by atoms with Crippen LogP contribution in [0.15, 0.2) is 77.3 Å². The number of hydrogen-bond acceptors (Lipinski definition) is 6. The number of amides is 1. The number of rotatable bonds is 7. The minimum Gasteiger partial charge on any atom is -0.497 e. The van der Waals surface area contributed by atoms with Gasteiger partial charge in [0.05, 0.1) is 12.7 Å². The van der Waals surface area contributed by atoms with Gasteiger partial charge in [-0.25, -0.2) is 0 Å². The first-order chi connectivity index (χ1) is 15.1. The molecular formula is C23H18ClN3O4. The first-order valence-electron chi connectivity index (χ1n) is 9.38. The summed E-state index contributed by atoms with van der Waals surface area (Å²) in [6, 6.07) is 21.3. The quantitative estimate of drug-likeness (QED) is 0.435. The SMILES string of the molecule is COc1ccc(NC(=O)COc2ccccc2-c2noc(-c3ccc(Cl)cc3)n2)cc1. The molecule has 1 aromatic heterocycles. The molecule has 0 unspecified atom stereocenters. The first-order valence-corrected chi connectivity index (χ1v) is 9.76. The van der Waals surface area contributed by atoms with Crippen LogP contribution in [0.3, 0.4) is 0 Å². The summed E-state index contributed by atoms with van der Waals surface area (Å²) in [7, 11) is 1.58. The molecule has 1 N–H and O–H groups in total. The number of carbonyl (C=O) groups is 1. The van der Waals surface area contributed by atoms with Gasteiger partial charge in [-0.2, -0.15) is 4.98 Å². The molecule has 4 rings (SSSR count). The molecule has 7 nitrogen and oxygen atoms in total. The molecule has 4 aromatic rings. The Labute approximate surface area is 183 Å². The number of para-hydroxylation sites is 1. The fraction of sp³-hybridized carbons (Fsp3) is 0.0870. The largest absolute Gasteiger partial charge is 0.497 e. The van der Waals surface area contributed by atoms with Crippen LogP contribution >= 0.6 is 11.6 Å². The predicted molar refractivity (Wildman–Crippen MR) is 117 cm³/mol. The molecule has 0 spiro atoms. The Balaban J connectivity index is 1.45. The molecule has 0 radical (unpaired) electrons. The highest BCUT2D eigenvalue weighted by atomic mass is 35.5. The van der Waals surface area contributed by atoms with Crippen molar-refractivity contribution in [3.63, 3.8) is 0 Å². The van der Waals surface area contributed by atoms with Gasteiger partial charge in [0.15, 0.2) is 6.61 Å². The van der Waals surface area contributed by atoms with E-state index < -0.39 is 0 Å². The number of benzene rings is 3. The van der Waals surface area contributed by atoms with E-state index in [0.717, 1.165) is 5.56 Å². The third-order valence-corrected chi connectivity index (χ3v) is 4.63. The Morgan fingerprint density at radius 1 is 1.03 bits per heavy atom. The van der Waals surface area contributed by atoms with Crippen molar-refractivity contribution in [2.45, 2.75) is 0 Å². The van der Waals surface area contributed by atoms with Crippen molar-refractivity contribution in [2.75, 3.05) is 19.0 Å². The van der Waals surface area contributed by atoms with Crippen LogP contribution in [-0.4, -0.2) is 29.8 Å². The van der Waals surface area contributed by atoms with Crippen LogP contribution in [0.1, 0.15) is 0 Å². The molecule has 0 saturated carbocycles. The maximum Gasteiger partial charge on any atom is 0.262 e. The number of nitrogens with zero attached hydrogens (tertiary/aromatic N) is 2. The summed E-state index contributed by atoms with van der Waals surface area (Å²) in [5, 5.41) is 7.44. The van der Waals surface area contributed by atoms with Crippen molar-refractivity contribution < 1.29 is 18.8 Å². The number of aromatic nitrogens is 2. The van der Waals surface area contributed by atoms with Crippen LogP contribution in [-0.2, 0) is 4.79 Å². The molecule has 1 amide bonds. The minimum atomic E-state index is -0.296. The fourth-order valence-corrected chi connectivity index (χ4v) is 2.96. The van der Waals surface area contributed by atoms with E-state index >= 15 is 0 Å². The Hall–Kier alpha value is -3.84. The highest BCUT2D eigenvalue weighted by Crippen LogP contribution is 2.30. The summed E-state index contributed by atoms with van der Waals surface area (Å²) in [6.07, 6.45) is 0. The summed E-state index contributed by atoms with van der Waals surface area (Å²) < 4.78 is 16.2. The van der Waals surface area contributed by atoms with Gasteiger partial charge in [0.25, 0.3) is 11.8 Å². The number of nitrogens with one attached hydrogen (secondary N) is 1. The van der Waals surface area contributed by atoms with Crippen molar-refractivity contribution in [3.05, 3.63) is 77.8 Å². The average molecular weight is 436 g/mol. The zero-order chi connectivity index (χ0) is 21.6. The number of halogens is 1. The van der Waals surface area contributed by atoms with E-state index in [1.807, 2.05) is 6.07 Å². The van der Waals surface area contributed by atoms with E-state index in [0.29, 0.717) is 39.5 Å². The van der Waals surface area contributed by atoms with Gasteiger partial charge >= 0.3 is 0 Å². The normalized spacial score (nSPS) is 10.5. The second-order valence-electron chi connectivity index (χ2n) is 6.49. The van der Waals surface area contributed by atoms with Gasteiger partial charge in [0.1, 0.15) is 11.5 Å². The van der Waals surface area contributed by atoms with E-state index in [-0.39, 0.29) is 12.5 Å². The van der Waals surface area contributed by atoms with E-state index in [4.69, 9.17) is 25.6 Å². The van der Waals surface area contributed by atoms with Crippen LogP contribution in [0.4, 0.5) is 5.69 Å². The number of anilines is 1. The highest BCUT2D eigenvalue weighted by molar-refractivity contribution is 6.30. The average Bonchev–Trinajstić information content (AvgIpc) is 3.29. The lowest BCUT2D eigenvalue weighted by molar-refractivity contribution is -0.118. The van der Waals surface area contributed by atoms with Crippen molar-refractivity contribution in [1.82, 2.24) is 10.1 Å². The lowest BCUT2D eigenvalue weighted by atomic mass is 10.2. The predicted octanol–water partition coefficient (Wildman–Crippen LogP) is 5.08. The van der Waals surface area contributed by atoms with Crippen LogP contribution in [0, 0.1) is 0 Å². The number of methoxy groups -OCH3 is 1. The molecule has 0 aliphatic rings. The highest BCUT2D eigenvalue weighted by Gasteiger charge is 2.15. The lowest BCUT2D eigenvalue weighted by Crippen LogP contribution is -2.20. The van der Waals surface area contributed by atoms with Gasteiger partial charge in [0, 0.05) is 16.3 Å². The third-order valence-electron chi connectivity index (χ3n) is 4.38. The molecular weight excluding hydrogens is 418 g/mol. The fourth-order valence-electron chi connectivity index (χ4n) is 2.83. The van der Waals surface area contributed by atoms with E-state index in [9.17, 15) is 4.79 Å². The van der Waals surface area contributed by atoms with E-state index in [1.54, 1.807) is 73.8 Å². The van der Waals surface area contributed by atoms with E-state index in [2.05, 4.69) is 15.5 Å². The molecule has 3 aromatic carbocycles. The molecule has 31 heavy (non-hydrogen) atoms. The van der Waals surface area contributed by atoms with Gasteiger partial charge in [-0.3, -0.25) is 4.79 Å². The Bertz CT molecular complexity index is 1170. The molecule has 0 fully saturated rings. The van der Waals surface area contributed by atoms with Crippen molar-refractivity contribution >= 4 is 23.2 Å². The summed E-state index contributed by atoms with van der Waals surface area (Å²) in [6.45, 7) is -0.176. The number of hydrogen-bond donors (Lipinski definition) is 1. The second kappa shape index (κ2) is 9.32. The van der Waals surface area contributed by atoms with Crippen LogP contribution < -0.4 is 14.8 Å². The van der Waals surface area contributed by atoms with Gasteiger partial charge in [-0.05, 0) is 60.7 Å². The van der Waals surface area contributed by atoms with Crippen LogP contribution in [0.25, 0.3) is 22.8 Å². The minimum absolute atomic E-state index is 0.176. The van der Waals surface area contributed by atoms with Crippen molar-refractivity contribution in [1.29, 1.82) is 0 Å².